The highest BCUT2D eigenvalue weighted by Gasteiger charge is 2.20. The van der Waals surface area contributed by atoms with Crippen molar-refractivity contribution in [3.8, 4) is 17.6 Å². The lowest BCUT2D eigenvalue weighted by Gasteiger charge is -2.26. The first-order chi connectivity index (χ1) is 8.29. The smallest absolute Gasteiger partial charge is 0.234 e. The molecule has 88 valence electrons. The summed E-state index contributed by atoms with van der Waals surface area (Å²) in [7, 11) is 0. The first-order valence-corrected chi connectivity index (χ1v) is 5.31. The number of benzene rings is 1. The van der Waals surface area contributed by atoms with Crippen LogP contribution in [0.4, 0.5) is 0 Å². The van der Waals surface area contributed by atoms with Crippen LogP contribution in [0.2, 0.25) is 0 Å². The maximum Gasteiger partial charge on any atom is 0.234 e. The molecule has 0 aromatic heterocycles. The van der Waals surface area contributed by atoms with Crippen LogP contribution < -0.4 is 14.8 Å². The molecule has 1 aromatic carbocycles. The summed E-state index contributed by atoms with van der Waals surface area (Å²) in [4.78, 5) is 11.1. The zero-order valence-electron chi connectivity index (χ0n) is 9.18. The predicted octanol–water partition coefficient (Wildman–Crippen LogP) is 0.856. The number of hydrogen-bond donors (Lipinski definition) is 1. The van der Waals surface area contributed by atoms with E-state index >= 15 is 0 Å². The molecule has 1 N–H and O–H groups in total. The van der Waals surface area contributed by atoms with Gasteiger partial charge in [-0.05, 0) is 12.1 Å². The Labute approximate surface area is 98.9 Å². The van der Waals surface area contributed by atoms with Crippen molar-refractivity contribution in [2.45, 2.75) is 12.5 Å². The Morgan fingerprint density at radius 2 is 2.24 bits per heavy atom. The Bertz CT molecular complexity index is 453. The molecular weight excluding hydrogens is 220 g/mol. The molecule has 1 aliphatic rings. The van der Waals surface area contributed by atoms with Gasteiger partial charge in [0.15, 0.2) is 11.5 Å². The fourth-order valence-corrected chi connectivity index (χ4v) is 1.53. The van der Waals surface area contributed by atoms with Gasteiger partial charge in [0, 0.05) is 0 Å². The molecular formula is C12H12N2O3. The van der Waals surface area contributed by atoms with Crippen molar-refractivity contribution >= 4 is 5.91 Å². The molecule has 0 saturated heterocycles. The van der Waals surface area contributed by atoms with E-state index in [1.54, 1.807) is 6.07 Å². The van der Waals surface area contributed by atoms with E-state index in [1.165, 1.54) is 0 Å². The van der Waals surface area contributed by atoms with Gasteiger partial charge in [-0.25, -0.2) is 0 Å². The molecule has 0 aliphatic carbocycles. The second-order valence-corrected chi connectivity index (χ2v) is 3.64. The first-order valence-electron chi connectivity index (χ1n) is 5.31. The second-order valence-electron chi connectivity index (χ2n) is 3.64. The number of nitriles is 1. The summed E-state index contributed by atoms with van der Waals surface area (Å²) in [5, 5.41) is 11.0. The zero-order chi connectivity index (χ0) is 12.1. The maximum absolute atomic E-state index is 11.1. The van der Waals surface area contributed by atoms with Crippen LogP contribution in [0.5, 0.6) is 11.5 Å². The molecule has 1 aliphatic heterocycles. The summed E-state index contributed by atoms with van der Waals surface area (Å²) in [6.45, 7) is 0.735. The van der Waals surface area contributed by atoms with E-state index in [4.69, 9.17) is 14.7 Å². The molecule has 0 spiro atoms. The van der Waals surface area contributed by atoms with Gasteiger partial charge in [-0.1, -0.05) is 12.1 Å². The number of amides is 1. The zero-order valence-corrected chi connectivity index (χ0v) is 9.18. The predicted molar refractivity (Wildman–Crippen MR) is 59.6 cm³/mol. The van der Waals surface area contributed by atoms with Gasteiger partial charge in [0.05, 0.1) is 12.6 Å². The van der Waals surface area contributed by atoms with Crippen LogP contribution in [0, 0.1) is 11.3 Å². The number of hydrogen-bond acceptors (Lipinski definition) is 4. The number of fused-ring (bicyclic) bond motifs is 1. The number of nitrogens with zero attached hydrogens (tertiary/aromatic N) is 1. The average molecular weight is 232 g/mol. The molecule has 1 heterocycles. The van der Waals surface area contributed by atoms with E-state index in [2.05, 4.69) is 5.32 Å². The quantitative estimate of drug-likeness (QED) is 0.838. The Balaban J connectivity index is 1.86. The molecule has 1 aromatic rings. The molecule has 0 saturated carbocycles. The van der Waals surface area contributed by atoms with E-state index in [1.807, 2.05) is 24.3 Å². The minimum Gasteiger partial charge on any atom is -0.486 e. The number of carbonyl (C=O) groups excluding carboxylic acids is 1. The van der Waals surface area contributed by atoms with Gasteiger partial charge in [0.2, 0.25) is 5.91 Å². The standard InChI is InChI=1S/C12H12N2O3/c13-6-5-12(15)14-7-9-8-16-10-3-1-2-4-11(10)17-9/h1-4,9H,5,7-8H2,(H,14,15)/t9-/m1/s1. The van der Waals surface area contributed by atoms with Crippen molar-refractivity contribution in [1.29, 1.82) is 5.26 Å². The Morgan fingerprint density at radius 3 is 3.00 bits per heavy atom. The molecule has 1 amide bonds. The molecule has 0 fully saturated rings. The first kappa shape index (κ1) is 11.3. The van der Waals surface area contributed by atoms with Crippen LogP contribution in [-0.4, -0.2) is 25.2 Å². The van der Waals surface area contributed by atoms with Crippen molar-refractivity contribution in [2.75, 3.05) is 13.2 Å². The van der Waals surface area contributed by atoms with Gasteiger partial charge < -0.3 is 14.8 Å². The van der Waals surface area contributed by atoms with Gasteiger partial charge in [0.1, 0.15) is 19.1 Å². The van der Waals surface area contributed by atoms with Crippen molar-refractivity contribution in [2.24, 2.45) is 0 Å². The minimum absolute atomic E-state index is 0.135. The summed E-state index contributed by atoms with van der Waals surface area (Å²) in [6, 6.07) is 9.17. The molecule has 1 atom stereocenters. The number of rotatable bonds is 3. The van der Waals surface area contributed by atoms with Crippen LogP contribution in [-0.2, 0) is 4.79 Å². The Hall–Kier alpha value is -2.22. The summed E-state index contributed by atoms with van der Waals surface area (Å²) in [5.41, 5.74) is 0. The highest BCUT2D eigenvalue weighted by Crippen LogP contribution is 2.30. The van der Waals surface area contributed by atoms with E-state index in [0.29, 0.717) is 24.7 Å². The molecule has 5 nitrogen and oxygen atoms in total. The van der Waals surface area contributed by atoms with Gasteiger partial charge in [-0.3, -0.25) is 4.79 Å². The van der Waals surface area contributed by atoms with E-state index in [-0.39, 0.29) is 18.4 Å². The normalized spacial score (nSPS) is 17.0. The summed E-state index contributed by atoms with van der Waals surface area (Å²) in [5.74, 6) is 1.10. The number of para-hydroxylation sites is 2. The topological polar surface area (TPSA) is 71.4 Å². The third-order valence-corrected chi connectivity index (χ3v) is 2.33. The molecule has 5 heteroatoms. The molecule has 0 unspecified atom stereocenters. The van der Waals surface area contributed by atoms with Crippen LogP contribution in [0.3, 0.4) is 0 Å². The van der Waals surface area contributed by atoms with E-state index < -0.39 is 0 Å². The number of nitrogens with one attached hydrogen (secondary N) is 1. The van der Waals surface area contributed by atoms with Crippen LogP contribution >= 0.6 is 0 Å². The minimum atomic E-state index is -0.296. The van der Waals surface area contributed by atoms with Gasteiger partial charge in [-0.2, -0.15) is 5.26 Å². The third-order valence-electron chi connectivity index (χ3n) is 2.33. The fourth-order valence-electron chi connectivity index (χ4n) is 1.53. The van der Waals surface area contributed by atoms with Crippen LogP contribution in [0.1, 0.15) is 6.42 Å². The van der Waals surface area contributed by atoms with E-state index in [9.17, 15) is 4.79 Å². The molecule has 17 heavy (non-hydrogen) atoms. The lowest BCUT2D eigenvalue weighted by Crippen LogP contribution is -2.40. The Morgan fingerprint density at radius 1 is 1.47 bits per heavy atom. The largest absolute Gasteiger partial charge is 0.486 e. The third kappa shape index (κ3) is 2.88. The van der Waals surface area contributed by atoms with Crippen molar-refractivity contribution in [1.82, 2.24) is 5.32 Å². The van der Waals surface area contributed by atoms with E-state index in [0.717, 1.165) is 0 Å². The molecule has 0 radical (unpaired) electrons. The summed E-state index contributed by atoms with van der Waals surface area (Å²) in [6.07, 6.45) is -0.350. The lowest BCUT2D eigenvalue weighted by atomic mass is 10.2. The van der Waals surface area contributed by atoms with Crippen LogP contribution in [0.15, 0.2) is 24.3 Å². The van der Waals surface area contributed by atoms with Gasteiger partial charge >= 0.3 is 0 Å². The highest BCUT2D eigenvalue weighted by atomic mass is 16.6. The van der Waals surface area contributed by atoms with Crippen molar-refractivity contribution in [3.05, 3.63) is 24.3 Å². The maximum atomic E-state index is 11.1. The fraction of sp³-hybridized carbons (Fsp3) is 0.333. The SMILES string of the molecule is N#CCC(=O)NC[C@@H]1COc2ccccc2O1. The van der Waals surface area contributed by atoms with Crippen LogP contribution in [0.25, 0.3) is 0 Å². The summed E-state index contributed by atoms with van der Waals surface area (Å²) < 4.78 is 11.1. The number of ether oxygens (including phenoxy) is 2. The monoisotopic (exact) mass is 232 g/mol. The average Bonchev–Trinajstić information content (AvgIpc) is 2.36. The highest BCUT2D eigenvalue weighted by molar-refractivity contribution is 5.77. The summed E-state index contributed by atoms with van der Waals surface area (Å²) >= 11 is 0. The van der Waals surface area contributed by atoms with Crippen molar-refractivity contribution in [3.63, 3.8) is 0 Å². The Kier molecular flexibility index (Phi) is 3.46. The van der Waals surface area contributed by atoms with Gasteiger partial charge in [0.25, 0.3) is 0 Å². The van der Waals surface area contributed by atoms with Crippen molar-refractivity contribution < 1.29 is 14.3 Å². The lowest BCUT2D eigenvalue weighted by molar-refractivity contribution is -0.120. The van der Waals surface area contributed by atoms with Gasteiger partial charge in [-0.15, -0.1) is 0 Å². The second kappa shape index (κ2) is 5.21. The molecule has 0 bridgehead atoms. The molecule has 2 rings (SSSR count). The number of carbonyl (C=O) groups is 1.